The van der Waals surface area contributed by atoms with Crippen LogP contribution < -0.4 is 14.4 Å². The lowest BCUT2D eigenvalue weighted by Gasteiger charge is -2.24. The van der Waals surface area contributed by atoms with Crippen molar-refractivity contribution in [3.63, 3.8) is 0 Å². The van der Waals surface area contributed by atoms with Crippen molar-refractivity contribution >= 4 is 17.7 Å². The number of unbranched alkanes of at least 4 members (excludes halogenated alkanes) is 1. The third-order valence-electron chi connectivity index (χ3n) is 4.28. The van der Waals surface area contributed by atoms with Gasteiger partial charge in [0.25, 0.3) is 0 Å². The van der Waals surface area contributed by atoms with Crippen LogP contribution in [0.2, 0.25) is 0 Å². The third kappa shape index (κ3) is 4.66. The number of amides is 1. The molecule has 0 aromatic heterocycles. The van der Waals surface area contributed by atoms with Crippen molar-refractivity contribution in [2.45, 2.75) is 26.2 Å². The SMILES string of the molecule is CCCCC(=O)N(C/C=C/c1ccccc1)c1ccc2c(c1)OCCO2. The van der Waals surface area contributed by atoms with E-state index in [1.807, 2.05) is 65.6 Å². The van der Waals surface area contributed by atoms with Crippen LogP contribution >= 0.6 is 0 Å². The Kier molecular flexibility index (Phi) is 6.31. The maximum atomic E-state index is 12.7. The van der Waals surface area contributed by atoms with Crippen LogP contribution in [0.25, 0.3) is 6.08 Å². The van der Waals surface area contributed by atoms with Gasteiger partial charge in [-0.15, -0.1) is 0 Å². The standard InChI is InChI=1S/C22H25NO3/c1-2-3-11-22(24)23(14-7-10-18-8-5-4-6-9-18)19-12-13-20-21(17-19)26-16-15-25-20/h4-10,12-13,17H,2-3,11,14-16H2,1H3/b10-7+. The van der Waals surface area contributed by atoms with Crippen molar-refractivity contribution < 1.29 is 14.3 Å². The molecule has 0 saturated carbocycles. The van der Waals surface area contributed by atoms with Crippen molar-refractivity contribution in [2.24, 2.45) is 0 Å². The molecule has 0 spiro atoms. The first-order chi connectivity index (χ1) is 12.8. The first kappa shape index (κ1) is 18.1. The minimum atomic E-state index is 0.126. The normalized spacial score (nSPS) is 13.0. The van der Waals surface area contributed by atoms with Crippen LogP contribution in [0.3, 0.4) is 0 Å². The molecule has 4 nitrogen and oxygen atoms in total. The first-order valence-corrected chi connectivity index (χ1v) is 9.19. The summed E-state index contributed by atoms with van der Waals surface area (Å²) in [4.78, 5) is 14.5. The predicted octanol–water partition coefficient (Wildman–Crippen LogP) is 4.69. The number of carbonyl (C=O) groups excluding carboxylic acids is 1. The largest absolute Gasteiger partial charge is 0.486 e. The molecule has 0 saturated heterocycles. The average Bonchev–Trinajstić information content (AvgIpc) is 2.70. The summed E-state index contributed by atoms with van der Waals surface area (Å²) in [7, 11) is 0. The van der Waals surface area contributed by atoms with Crippen molar-refractivity contribution in [3.05, 3.63) is 60.2 Å². The van der Waals surface area contributed by atoms with E-state index in [2.05, 4.69) is 6.92 Å². The molecule has 136 valence electrons. The molecule has 1 amide bonds. The van der Waals surface area contributed by atoms with Gasteiger partial charge in [-0.1, -0.05) is 55.8 Å². The Morgan fingerprint density at radius 3 is 2.62 bits per heavy atom. The molecule has 2 aromatic rings. The molecule has 26 heavy (non-hydrogen) atoms. The van der Waals surface area contributed by atoms with Crippen LogP contribution in [-0.2, 0) is 4.79 Å². The van der Waals surface area contributed by atoms with Crippen LogP contribution in [0.5, 0.6) is 11.5 Å². The van der Waals surface area contributed by atoms with Gasteiger partial charge in [-0.3, -0.25) is 4.79 Å². The lowest BCUT2D eigenvalue weighted by atomic mass is 10.2. The van der Waals surface area contributed by atoms with E-state index in [1.54, 1.807) is 0 Å². The van der Waals surface area contributed by atoms with Crippen LogP contribution in [0.4, 0.5) is 5.69 Å². The fraction of sp³-hybridized carbons (Fsp3) is 0.318. The van der Waals surface area contributed by atoms with Gasteiger partial charge in [0.05, 0.1) is 0 Å². The smallest absolute Gasteiger partial charge is 0.227 e. The van der Waals surface area contributed by atoms with Crippen LogP contribution in [0.1, 0.15) is 31.7 Å². The fourth-order valence-electron chi connectivity index (χ4n) is 2.87. The lowest BCUT2D eigenvalue weighted by molar-refractivity contribution is -0.118. The number of rotatable bonds is 7. The van der Waals surface area contributed by atoms with E-state index in [1.165, 1.54) is 0 Å². The number of carbonyl (C=O) groups is 1. The van der Waals surface area contributed by atoms with Crippen LogP contribution in [0, 0.1) is 0 Å². The maximum Gasteiger partial charge on any atom is 0.227 e. The molecule has 0 fully saturated rings. The topological polar surface area (TPSA) is 38.8 Å². The van der Waals surface area contributed by atoms with E-state index in [0.29, 0.717) is 31.9 Å². The second-order valence-corrected chi connectivity index (χ2v) is 6.25. The van der Waals surface area contributed by atoms with Gasteiger partial charge in [0.2, 0.25) is 5.91 Å². The zero-order valence-electron chi connectivity index (χ0n) is 15.2. The van der Waals surface area contributed by atoms with Gasteiger partial charge >= 0.3 is 0 Å². The molecular weight excluding hydrogens is 326 g/mol. The summed E-state index contributed by atoms with van der Waals surface area (Å²) in [6.07, 6.45) is 6.50. The van der Waals surface area contributed by atoms with Crippen LogP contribution in [-0.4, -0.2) is 25.7 Å². The predicted molar refractivity (Wildman–Crippen MR) is 105 cm³/mol. The van der Waals surface area contributed by atoms with E-state index >= 15 is 0 Å². The molecule has 3 rings (SSSR count). The molecule has 0 unspecified atom stereocenters. The van der Waals surface area contributed by atoms with E-state index in [9.17, 15) is 4.79 Å². The number of anilines is 1. The van der Waals surface area contributed by atoms with Gasteiger partial charge in [-0.2, -0.15) is 0 Å². The molecule has 4 heteroatoms. The summed E-state index contributed by atoms with van der Waals surface area (Å²) in [6.45, 7) is 3.72. The summed E-state index contributed by atoms with van der Waals surface area (Å²) in [5, 5.41) is 0. The minimum Gasteiger partial charge on any atom is -0.486 e. The summed E-state index contributed by atoms with van der Waals surface area (Å²) in [5.74, 6) is 1.57. The quantitative estimate of drug-likeness (QED) is 0.726. The van der Waals surface area contributed by atoms with Gasteiger partial charge < -0.3 is 14.4 Å². The summed E-state index contributed by atoms with van der Waals surface area (Å²) >= 11 is 0. The van der Waals surface area contributed by atoms with Crippen molar-refractivity contribution in [1.29, 1.82) is 0 Å². The van der Waals surface area contributed by atoms with Gasteiger partial charge in [0.1, 0.15) is 13.2 Å². The summed E-state index contributed by atoms with van der Waals surface area (Å²) < 4.78 is 11.2. The van der Waals surface area contributed by atoms with E-state index in [-0.39, 0.29) is 5.91 Å². The van der Waals surface area contributed by atoms with Crippen molar-refractivity contribution in [1.82, 2.24) is 0 Å². The Morgan fingerprint density at radius 2 is 1.85 bits per heavy atom. The molecule has 1 aliphatic rings. The fourth-order valence-corrected chi connectivity index (χ4v) is 2.87. The Bertz CT molecular complexity index is 755. The number of nitrogens with zero attached hydrogens (tertiary/aromatic N) is 1. The van der Waals surface area contributed by atoms with E-state index < -0.39 is 0 Å². The molecule has 0 atom stereocenters. The second kappa shape index (κ2) is 9.09. The highest BCUT2D eigenvalue weighted by atomic mass is 16.6. The molecule has 1 heterocycles. The Labute approximate surface area is 155 Å². The maximum absolute atomic E-state index is 12.7. The number of benzene rings is 2. The van der Waals surface area contributed by atoms with Gasteiger partial charge in [0, 0.05) is 24.7 Å². The number of fused-ring (bicyclic) bond motifs is 1. The molecular formula is C22H25NO3. The summed E-state index contributed by atoms with van der Waals surface area (Å²) in [5.41, 5.74) is 1.96. The lowest BCUT2D eigenvalue weighted by Crippen LogP contribution is -2.31. The molecule has 1 aliphatic heterocycles. The molecule has 2 aromatic carbocycles. The van der Waals surface area contributed by atoms with E-state index in [0.717, 1.165) is 29.8 Å². The van der Waals surface area contributed by atoms with Crippen LogP contribution in [0.15, 0.2) is 54.6 Å². The molecule has 0 aliphatic carbocycles. The Balaban J connectivity index is 1.78. The minimum absolute atomic E-state index is 0.126. The second-order valence-electron chi connectivity index (χ2n) is 6.25. The zero-order valence-corrected chi connectivity index (χ0v) is 15.2. The van der Waals surface area contributed by atoms with E-state index in [4.69, 9.17) is 9.47 Å². The van der Waals surface area contributed by atoms with Gasteiger partial charge in [0.15, 0.2) is 11.5 Å². The first-order valence-electron chi connectivity index (χ1n) is 9.19. The Hall–Kier alpha value is -2.75. The zero-order chi connectivity index (χ0) is 18.2. The van der Waals surface area contributed by atoms with Gasteiger partial charge in [-0.05, 0) is 24.1 Å². The third-order valence-corrected chi connectivity index (χ3v) is 4.28. The highest BCUT2D eigenvalue weighted by Crippen LogP contribution is 2.34. The highest BCUT2D eigenvalue weighted by molar-refractivity contribution is 5.94. The Morgan fingerprint density at radius 1 is 1.08 bits per heavy atom. The van der Waals surface area contributed by atoms with Crippen molar-refractivity contribution in [2.75, 3.05) is 24.7 Å². The number of hydrogen-bond acceptors (Lipinski definition) is 3. The average molecular weight is 351 g/mol. The number of ether oxygens (including phenoxy) is 2. The monoisotopic (exact) mass is 351 g/mol. The summed E-state index contributed by atoms with van der Waals surface area (Å²) in [6, 6.07) is 15.8. The molecule has 0 bridgehead atoms. The van der Waals surface area contributed by atoms with Crippen molar-refractivity contribution in [3.8, 4) is 11.5 Å². The van der Waals surface area contributed by atoms with Gasteiger partial charge in [-0.25, -0.2) is 0 Å². The number of hydrogen-bond donors (Lipinski definition) is 0. The molecule has 0 radical (unpaired) electrons. The highest BCUT2D eigenvalue weighted by Gasteiger charge is 2.18. The molecule has 0 N–H and O–H groups in total.